The number of ether oxygens (including phenoxy) is 1. The quantitative estimate of drug-likeness (QED) is 0.732. The van der Waals surface area contributed by atoms with Gasteiger partial charge < -0.3 is 15.4 Å². The highest BCUT2D eigenvalue weighted by Crippen LogP contribution is 2.27. The lowest BCUT2D eigenvalue weighted by molar-refractivity contribution is 0.0522. The van der Waals surface area contributed by atoms with Gasteiger partial charge in [0.2, 0.25) is 0 Å². The van der Waals surface area contributed by atoms with Gasteiger partial charge in [0.05, 0.1) is 0 Å². The maximum absolute atomic E-state index is 11.7. The molecule has 4 nitrogen and oxygen atoms in total. The molecule has 0 aromatic rings. The average molecular weight is 310 g/mol. The summed E-state index contributed by atoms with van der Waals surface area (Å²) < 4.78 is 5.27. The van der Waals surface area contributed by atoms with Crippen molar-refractivity contribution in [2.75, 3.05) is 13.1 Å². The van der Waals surface area contributed by atoms with E-state index in [-0.39, 0.29) is 6.09 Å². The Kier molecular flexibility index (Phi) is 7.40. The summed E-state index contributed by atoms with van der Waals surface area (Å²) in [5.41, 5.74) is 1.06. The fraction of sp³-hybridized carbons (Fsp3) is 0.833. The molecule has 1 amide bonds. The summed E-state index contributed by atoms with van der Waals surface area (Å²) >= 11 is 0. The molecule has 0 heterocycles. The van der Waals surface area contributed by atoms with Gasteiger partial charge in [-0.25, -0.2) is 4.79 Å². The molecule has 0 aromatic carbocycles. The minimum atomic E-state index is -0.443. The summed E-state index contributed by atoms with van der Waals surface area (Å²) in [4.78, 5) is 11.7. The first-order chi connectivity index (χ1) is 10.2. The molecular weight excluding hydrogens is 276 g/mol. The predicted octanol–water partition coefficient (Wildman–Crippen LogP) is 3.87. The summed E-state index contributed by atoms with van der Waals surface area (Å²) in [7, 11) is 0. The van der Waals surface area contributed by atoms with Gasteiger partial charge in [-0.3, -0.25) is 0 Å². The van der Waals surface area contributed by atoms with Crippen LogP contribution >= 0.6 is 0 Å². The number of amides is 1. The van der Waals surface area contributed by atoms with E-state index in [1.807, 2.05) is 20.8 Å². The van der Waals surface area contributed by atoms with Crippen LogP contribution in [0.15, 0.2) is 11.6 Å². The Morgan fingerprint density at radius 1 is 1.45 bits per heavy atom. The Morgan fingerprint density at radius 3 is 2.68 bits per heavy atom. The maximum atomic E-state index is 11.7. The maximum Gasteiger partial charge on any atom is 0.407 e. The van der Waals surface area contributed by atoms with Crippen molar-refractivity contribution in [3.05, 3.63) is 11.6 Å². The molecule has 1 aliphatic rings. The van der Waals surface area contributed by atoms with Gasteiger partial charge in [0.15, 0.2) is 0 Å². The highest BCUT2D eigenvalue weighted by Gasteiger charge is 2.20. The van der Waals surface area contributed by atoms with Crippen molar-refractivity contribution in [2.45, 2.75) is 72.4 Å². The van der Waals surface area contributed by atoms with Crippen molar-refractivity contribution in [3.8, 4) is 0 Å². The van der Waals surface area contributed by atoms with Crippen LogP contribution in [0.3, 0.4) is 0 Å². The topological polar surface area (TPSA) is 50.4 Å². The van der Waals surface area contributed by atoms with Crippen LogP contribution in [-0.2, 0) is 4.74 Å². The minimum Gasteiger partial charge on any atom is -0.444 e. The summed E-state index contributed by atoms with van der Waals surface area (Å²) in [6.07, 6.45) is 5.48. The van der Waals surface area contributed by atoms with Crippen molar-refractivity contribution in [2.24, 2.45) is 11.8 Å². The van der Waals surface area contributed by atoms with E-state index in [2.05, 4.69) is 37.5 Å². The Morgan fingerprint density at radius 2 is 2.14 bits per heavy atom. The monoisotopic (exact) mass is 310 g/mol. The van der Waals surface area contributed by atoms with E-state index >= 15 is 0 Å². The first kappa shape index (κ1) is 19.0. The van der Waals surface area contributed by atoms with Gasteiger partial charge >= 0.3 is 6.09 Å². The number of carbonyl (C=O) groups excluding carboxylic acids is 1. The SMILES string of the molecule is CCC(CNC(=O)OC(C)(C)C)NCC1CC(C)=CC(C)C1. The van der Waals surface area contributed by atoms with Crippen LogP contribution in [0.25, 0.3) is 0 Å². The molecule has 0 aromatic heterocycles. The van der Waals surface area contributed by atoms with Crippen molar-refractivity contribution >= 4 is 6.09 Å². The number of alkyl carbamates (subject to hydrolysis) is 1. The predicted molar refractivity (Wildman–Crippen MR) is 92.0 cm³/mol. The van der Waals surface area contributed by atoms with E-state index < -0.39 is 5.60 Å². The normalized spacial score (nSPS) is 23.6. The number of hydrogen-bond acceptors (Lipinski definition) is 3. The van der Waals surface area contributed by atoms with Crippen LogP contribution in [0, 0.1) is 11.8 Å². The molecule has 1 aliphatic carbocycles. The standard InChI is InChI=1S/C18H34N2O2/c1-7-16(12-20-17(21)22-18(4,5)6)19-11-15-9-13(2)8-14(3)10-15/h8,13,15-16,19H,7,9-12H2,1-6H3,(H,20,21). The van der Waals surface area contributed by atoms with Crippen molar-refractivity contribution in [1.82, 2.24) is 10.6 Å². The molecule has 0 saturated heterocycles. The minimum absolute atomic E-state index is 0.300. The Labute approximate surface area is 136 Å². The van der Waals surface area contributed by atoms with E-state index in [0.717, 1.165) is 13.0 Å². The molecule has 3 atom stereocenters. The third-order valence-corrected chi connectivity index (χ3v) is 3.96. The van der Waals surface area contributed by atoms with E-state index in [9.17, 15) is 4.79 Å². The Hall–Kier alpha value is -1.03. The molecule has 3 unspecified atom stereocenters. The molecular formula is C18H34N2O2. The number of rotatable bonds is 6. The molecule has 0 bridgehead atoms. The molecule has 0 radical (unpaired) electrons. The number of hydrogen-bond donors (Lipinski definition) is 2. The van der Waals surface area contributed by atoms with Crippen molar-refractivity contribution < 1.29 is 9.53 Å². The number of nitrogens with one attached hydrogen (secondary N) is 2. The highest BCUT2D eigenvalue weighted by molar-refractivity contribution is 5.67. The average Bonchev–Trinajstić information content (AvgIpc) is 2.35. The molecule has 0 fully saturated rings. The van der Waals surface area contributed by atoms with Crippen LogP contribution in [0.2, 0.25) is 0 Å². The van der Waals surface area contributed by atoms with E-state index in [0.29, 0.717) is 24.4 Å². The van der Waals surface area contributed by atoms with Gasteiger partial charge in [0.25, 0.3) is 0 Å². The number of carbonyl (C=O) groups is 1. The summed E-state index contributed by atoms with van der Waals surface area (Å²) in [5.74, 6) is 1.39. The lowest BCUT2D eigenvalue weighted by atomic mass is 9.83. The molecule has 2 N–H and O–H groups in total. The van der Waals surface area contributed by atoms with Gasteiger partial charge in [0, 0.05) is 12.6 Å². The first-order valence-corrected chi connectivity index (χ1v) is 8.57. The van der Waals surface area contributed by atoms with Crippen LogP contribution in [0.5, 0.6) is 0 Å². The molecule has 0 spiro atoms. The van der Waals surface area contributed by atoms with Gasteiger partial charge in [-0.15, -0.1) is 0 Å². The second kappa shape index (κ2) is 8.56. The smallest absolute Gasteiger partial charge is 0.407 e. The third kappa shape index (κ3) is 7.83. The van der Waals surface area contributed by atoms with Crippen molar-refractivity contribution in [3.63, 3.8) is 0 Å². The largest absolute Gasteiger partial charge is 0.444 e. The van der Waals surface area contributed by atoms with Crippen LogP contribution in [0.1, 0.15) is 60.8 Å². The second-order valence-corrected chi connectivity index (χ2v) is 7.69. The zero-order chi connectivity index (χ0) is 16.8. The van der Waals surface area contributed by atoms with Gasteiger partial charge in [-0.2, -0.15) is 0 Å². The Bertz CT molecular complexity index is 385. The van der Waals surface area contributed by atoms with E-state index in [4.69, 9.17) is 4.74 Å². The fourth-order valence-corrected chi connectivity index (χ4v) is 3.06. The van der Waals surface area contributed by atoms with E-state index in [1.165, 1.54) is 18.4 Å². The van der Waals surface area contributed by atoms with Crippen molar-refractivity contribution in [1.29, 1.82) is 0 Å². The molecule has 0 aliphatic heterocycles. The Balaban J connectivity index is 2.31. The molecule has 0 saturated carbocycles. The summed E-state index contributed by atoms with van der Waals surface area (Å²) in [5, 5.41) is 6.46. The van der Waals surface area contributed by atoms with Gasteiger partial charge in [-0.1, -0.05) is 25.5 Å². The summed E-state index contributed by atoms with van der Waals surface area (Å²) in [6, 6.07) is 0.300. The van der Waals surface area contributed by atoms with Gasteiger partial charge in [-0.05, 0) is 65.3 Å². The first-order valence-electron chi connectivity index (χ1n) is 8.57. The lowest BCUT2D eigenvalue weighted by Gasteiger charge is -2.28. The zero-order valence-corrected chi connectivity index (χ0v) is 15.2. The van der Waals surface area contributed by atoms with Crippen LogP contribution in [0.4, 0.5) is 4.79 Å². The number of allylic oxidation sites excluding steroid dienone is 2. The molecule has 22 heavy (non-hydrogen) atoms. The van der Waals surface area contributed by atoms with E-state index in [1.54, 1.807) is 0 Å². The van der Waals surface area contributed by atoms with Crippen LogP contribution < -0.4 is 10.6 Å². The molecule has 4 heteroatoms. The van der Waals surface area contributed by atoms with Crippen LogP contribution in [-0.4, -0.2) is 30.8 Å². The fourth-order valence-electron chi connectivity index (χ4n) is 3.06. The highest BCUT2D eigenvalue weighted by atomic mass is 16.6. The molecule has 128 valence electrons. The summed E-state index contributed by atoms with van der Waals surface area (Å²) in [6.45, 7) is 13.9. The third-order valence-electron chi connectivity index (χ3n) is 3.96. The second-order valence-electron chi connectivity index (χ2n) is 7.69. The lowest BCUT2D eigenvalue weighted by Crippen LogP contribution is -2.44. The molecule has 1 rings (SSSR count). The van der Waals surface area contributed by atoms with Gasteiger partial charge in [0.1, 0.15) is 5.60 Å². The zero-order valence-electron chi connectivity index (χ0n) is 15.2.